The van der Waals surface area contributed by atoms with Crippen LogP contribution in [0.5, 0.6) is 5.75 Å². The van der Waals surface area contributed by atoms with Crippen LogP contribution in [0, 0.1) is 0 Å². The molecule has 17 nitrogen and oxygen atoms in total. The number of azide groups is 1. The summed E-state index contributed by atoms with van der Waals surface area (Å²) in [7, 11) is -4.28. The van der Waals surface area contributed by atoms with Gasteiger partial charge in [0.15, 0.2) is 11.2 Å². The van der Waals surface area contributed by atoms with Gasteiger partial charge in [0.2, 0.25) is 5.95 Å². The molecule has 40 heavy (non-hydrogen) atoms. The lowest BCUT2D eigenvalue weighted by Gasteiger charge is -2.25. The van der Waals surface area contributed by atoms with Gasteiger partial charge >= 0.3 is 13.7 Å². The van der Waals surface area contributed by atoms with E-state index < -0.39 is 62.5 Å². The number of nitrogen functional groups attached to an aromatic ring is 1. The number of hydrogen-bond acceptors (Lipinski definition) is 12. The van der Waals surface area contributed by atoms with Crippen molar-refractivity contribution in [3.8, 4) is 5.75 Å². The topological polar surface area (TPSA) is 242 Å². The number of imidazole rings is 1. The number of nitrogens with zero attached hydrogens (tertiary/aromatic N) is 6. The average Bonchev–Trinajstić information content (AvgIpc) is 3.44. The molecule has 214 valence electrons. The first kappa shape index (κ1) is 29.0. The molecule has 0 aliphatic carbocycles. The molecule has 18 heteroatoms. The minimum Gasteiger partial charge on any atom is -0.462 e. The Kier molecular flexibility index (Phi) is 8.73. The summed E-state index contributed by atoms with van der Waals surface area (Å²) in [4.78, 5) is 37.7. The summed E-state index contributed by atoms with van der Waals surface area (Å²) in [6, 6.07) is 5.78. The summed E-state index contributed by atoms with van der Waals surface area (Å²) < 4.78 is 37.3. The number of hydrogen-bond donors (Lipinski definition) is 4. The maximum Gasteiger partial charge on any atom is 0.459 e. The average molecular weight is 577 g/mol. The summed E-state index contributed by atoms with van der Waals surface area (Å²) in [5.74, 6) is -0.697. The van der Waals surface area contributed by atoms with Gasteiger partial charge in [0.25, 0.3) is 5.56 Å². The molecule has 0 spiro atoms. The number of aromatic amines is 1. The number of aliphatic hydroxyl groups excluding tert-OH is 1. The van der Waals surface area contributed by atoms with E-state index in [0.717, 1.165) is 0 Å². The van der Waals surface area contributed by atoms with Gasteiger partial charge in [0.05, 0.1) is 25.1 Å². The number of aliphatic hydroxyl groups is 1. The zero-order chi connectivity index (χ0) is 29.0. The molecule has 2 aromatic heterocycles. The zero-order valence-electron chi connectivity index (χ0n) is 21.6. The molecular weight excluding hydrogens is 549 g/mol. The number of fused-ring (bicyclic) bond motifs is 1. The predicted octanol–water partition coefficient (Wildman–Crippen LogP) is 1.77. The lowest BCUT2D eigenvalue weighted by molar-refractivity contribution is -0.149. The Morgan fingerprint density at radius 3 is 2.77 bits per heavy atom. The Bertz CT molecular complexity index is 1510. The largest absolute Gasteiger partial charge is 0.462 e. The van der Waals surface area contributed by atoms with Crippen LogP contribution in [0.1, 0.15) is 27.0 Å². The second-order valence-corrected chi connectivity index (χ2v) is 10.8. The smallest absolute Gasteiger partial charge is 0.459 e. The molecule has 3 aromatic rings. The number of anilines is 1. The van der Waals surface area contributed by atoms with Crippen LogP contribution < -0.4 is 20.9 Å². The van der Waals surface area contributed by atoms with Gasteiger partial charge in [-0.2, -0.15) is 10.1 Å². The quantitative estimate of drug-likeness (QED) is 0.0838. The van der Waals surface area contributed by atoms with Gasteiger partial charge in [-0.3, -0.25) is 23.7 Å². The fourth-order valence-corrected chi connectivity index (χ4v) is 5.42. The van der Waals surface area contributed by atoms with Gasteiger partial charge in [0.1, 0.15) is 30.2 Å². The number of benzene rings is 1. The van der Waals surface area contributed by atoms with Crippen LogP contribution in [-0.4, -0.2) is 67.6 Å². The Hall–Kier alpha value is -3.98. The third-order valence-corrected chi connectivity index (χ3v) is 7.33. The van der Waals surface area contributed by atoms with Crippen molar-refractivity contribution in [3.63, 3.8) is 0 Å². The van der Waals surface area contributed by atoms with Crippen molar-refractivity contribution in [2.75, 3.05) is 12.3 Å². The number of aromatic nitrogens is 4. The van der Waals surface area contributed by atoms with Crippen molar-refractivity contribution >= 4 is 30.8 Å². The molecular formula is C22H28N9O8P. The number of esters is 1. The summed E-state index contributed by atoms with van der Waals surface area (Å²) in [6.07, 6.45) is -3.03. The zero-order valence-corrected chi connectivity index (χ0v) is 22.5. The summed E-state index contributed by atoms with van der Waals surface area (Å²) in [5, 5.41) is 17.1. The highest BCUT2D eigenvalue weighted by molar-refractivity contribution is 7.52. The number of nitrogens with one attached hydrogen (secondary N) is 2. The van der Waals surface area contributed by atoms with E-state index in [1.807, 2.05) is 0 Å². The number of carbonyl (C=O) groups excluding carboxylic acids is 1. The Balaban J connectivity index is 1.58. The molecule has 1 saturated heterocycles. The highest BCUT2D eigenvalue weighted by atomic mass is 31.2. The number of para-hydroxylation sites is 1. The lowest BCUT2D eigenvalue weighted by atomic mass is 10.1. The highest BCUT2D eigenvalue weighted by Gasteiger charge is 2.46. The molecule has 5 N–H and O–H groups in total. The molecule has 1 aromatic carbocycles. The fraction of sp³-hybridized carbons (Fsp3) is 0.455. The van der Waals surface area contributed by atoms with Crippen LogP contribution >= 0.6 is 7.75 Å². The molecule has 6 atom stereocenters. The Labute approximate surface area is 226 Å². The van der Waals surface area contributed by atoms with Crippen LogP contribution in [0.25, 0.3) is 21.6 Å². The number of rotatable bonds is 11. The molecule has 3 heterocycles. The van der Waals surface area contributed by atoms with Crippen LogP contribution in [0.15, 0.2) is 46.6 Å². The van der Waals surface area contributed by atoms with Gasteiger partial charge in [0, 0.05) is 4.91 Å². The van der Waals surface area contributed by atoms with Gasteiger partial charge in [-0.05, 0) is 38.4 Å². The SMILES string of the molecule is CC(C)OC(=O)[C@@H](C)NP(=O)(OC[C@H]1O[C@@H](n2cnc3c(=O)[nH]c(N)nc32)[C@H](N=[N+]=[N-])[C@@H]1O)Oc1ccccc1. The number of H-pyrrole nitrogens is 1. The van der Waals surface area contributed by atoms with E-state index in [0.29, 0.717) is 0 Å². The number of nitrogens with two attached hydrogens (primary N) is 1. The van der Waals surface area contributed by atoms with E-state index in [9.17, 15) is 19.3 Å². The van der Waals surface area contributed by atoms with Crippen molar-refractivity contribution in [2.24, 2.45) is 5.11 Å². The van der Waals surface area contributed by atoms with Crippen molar-refractivity contribution in [3.05, 3.63) is 57.5 Å². The van der Waals surface area contributed by atoms with E-state index in [-0.39, 0.29) is 22.9 Å². The van der Waals surface area contributed by atoms with Crippen LogP contribution in [0.2, 0.25) is 0 Å². The Morgan fingerprint density at radius 2 is 2.10 bits per heavy atom. The van der Waals surface area contributed by atoms with E-state index in [1.165, 1.54) is 30.0 Å². The Morgan fingerprint density at radius 1 is 1.38 bits per heavy atom. The molecule has 0 radical (unpaired) electrons. The maximum absolute atomic E-state index is 13.8. The fourth-order valence-electron chi connectivity index (χ4n) is 3.92. The molecule has 0 amide bonds. The maximum atomic E-state index is 13.8. The number of ether oxygens (including phenoxy) is 2. The molecule has 1 aliphatic rings. The second-order valence-electron chi connectivity index (χ2n) is 9.06. The molecule has 0 saturated carbocycles. The summed E-state index contributed by atoms with van der Waals surface area (Å²) in [6.45, 7) is 4.23. The van der Waals surface area contributed by atoms with E-state index >= 15 is 0 Å². The normalized spacial score (nSPS) is 22.9. The lowest BCUT2D eigenvalue weighted by Crippen LogP contribution is -2.37. The second kappa shape index (κ2) is 12.0. The minimum atomic E-state index is -4.28. The first-order valence-corrected chi connectivity index (χ1v) is 13.6. The first-order chi connectivity index (χ1) is 19.0. The highest BCUT2D eigenvalue weighted by Crippen LogP contribution is 2.46. The van der Waals surface area contributed by atoms with Gasteiger partial charge in [-0.25, -0.2) is 9.55 Å². The first-order valence-electron chi connectivity index (χ1n) is 12.1. The van der Waals surface area contributed by atoms with Crippen molar-refractivity contribution in [1.29, 1.82) is 0 Å². The van der Waals surface area contributed by atoms with E-state index in [2.05, 4.69) is 30.1 Å². The third kappa shape index (κ3) is 6.42. The molecule has 1 aliphatic heterocycles. The molecule has 0 bridgehead atoms. The monoisotopic (exact) mass is 577 g/mol. The van der Waals surface area contributed by atoms with Gasteiger partial charge in [-0.1, -0.05) is 23.3 Å². The number of carbonyl (C=O) groups is 1. The van der Waals surface area contributed by atoms with Crippen LogP contribution in [0.3, 0.4) is 0 Å². The van der Waals surface area contributed by atoms with Crippen LogP contribution in [-0.2, 0) is 23.4 Å². The molecule has 4 rings (SSSR count). The third-order valence-electron chi connectivity index (χ3n) is 5.68. The van der Waals surface area contributed by atoms with E-state index in [4.69, 9.17) is 29.8 Å². The minimum absolute atomic E-state index is 0.0235. The molecule has 1 fully saturated rings. The van der Waals surface area contributed by atoms with Gasteiger partial charge < -0.3 is 24.8 Å². The summed E-state index contributed by atoms with van der Waals surface area (Å²) >= 11 is 0. The summed E-state index contributed by atoms with van der Waals surface area (Å²) in [5.41, 5.74) is 14.1. The van der Waals surface area contributed by atoms with Gasteiger partial charge in [-0.15, -0.1) is 0 Å². The van der Waals surface area contributed by atoms with E-state index in [1.54, 1.807) is 32.0 Å². The van der Waals surface area contributed by atoms with Crippen molar-refractivity contribution in [2.45, 2.75) is 57.4 Å². The standard InChI is InChI=1S/C22H28N9O8P/c1-11(2)37-21(34)12(3)29-40(35,39-13-7-5-4-6-8-13)36-9-14-17(32)15(28-30-24)20(38-14)31-10-25-16-18(31)26-22(23)27-19(16)33/h4-8,10-12,14-15,17,20,32H,9H2,1-3H3,(H,29,35)(H3,23,26,27,33)/t12-,14-,15-,17-,20-,40?/m1/s1. The molecule has 1 unspecified atom stereocenters. The predicted molar refractivity (Wildman–Crippen MR) is 140 cm³/mol. The van der Waals surface area contributed by atoms with Crippen molar-refractivity contribution < 1.29 is 33.0 Å². The van der Waals surface area contributed by atoms with Crippen molar-refractivity contribution in [1.82, 2.24) is 24.6 Å². The van der Waals surface area contributed by atoms with Crippen LogP contribution in [0.4, 0.5) is 5.95 Å².